The van der Waals surface area contributed by atoms with Gasteiger partial charge in [0.15, 0.2) is 11.0 Å². The van der Waals surface area contributed by atoms with Gasteiger partial charge in [-0.15, -0.1) is 0 Å². The minimum atomic E-state index is 0.645. The highest BCUT2D eigenvalue weighted by Gasteiger charge is 2.22. The van der Waals surface area contributed by atoms with Crippen molar-refractivity contribution < 1.29 is 9.30 Å². The van der Waals surface area contributed by atoms with Crippen molar-refractivity contribution in [1.82, 2.24) is 4.98 Å². The zero-order valence-electron chi connectivity index (χ0n) is 19.1. The van der Waals surface area contributed by atoms with Crippen LogP contribution < -0.4 is 9.30 Å². The first-order chi connectivity index (χ1) is 15.0. The molecule has 1 aromatic heterocycles. The molecule has 162 valence electrons. The van der Waals surface area contributed by atoms with Gasteiger partial charge in [-0.1, -0.05) is 69.6 Å². The highest BCUT2D eigenvalue weighted by Crippen LogP contribution is 2.25. The summed E-state index contributed by atoms with van der Waals surface area (Å²) >= 11 is 6.46. The number of H-pyrrole nitrogens is 1. The molecular weight excluding hydrogens is 404 g/mol. The summed E-state index contributed by atoms with van der Waals surface area (Å²) < 4.78 is 7.70. The summed E-state index contributed by atoms with van der Waals surface area (Å²) in [5.41, 5.74) is 5.76. The molecule has 0 saturated heterocycles. The number of hydrogen-bond donors (Lipinski definition) is 1. The summed E-state index contributed by atoms with van der Waals surface area (Å²) in [6.07, 6.45) is 1.09. The minimum absolute atomic E-state index is 0.645. The van der Waals surface area contributed by atoms with E-state index < -0.39 is 0 Å². The highest BCUT2D eigenvalue weighted by atomic mass is 35.5. The fourth-order valence-electron chi connectivity index (χ4n) is 3.75. The number of fused-ring (bicyclic) bond motifs is 1. The fraction of sp³-hybridized carbons (Fsp3) is 0.296. The number of nitrogens with one attached hydrogen (secondary N) is 1. The third-order valence-electron chi connectivity index (χ3n) is 5.18. The number of aromatic amines is 1. The summed E-state index contributed by atoms with van der Waals surface area (Å²) in [4.78, 5) is 3.60. The maximum Gasteiger partial charge on any atom is 0.287 e. The normalized spacial score (nSPS) is 10.8. The van der Waals surface area contributed by atoms with Gasteiger partial charge in [0.2, 0.25) is 0 Å². The first-order valence-corrected chi connectivity index (χ1v) is 11.3. The molecule has 0 bridgehead atoms. The average molecular weight is 436 g/mol. The van der Waals surface area contributed by atoms with E-state index in [1.165, 1.54) is 5.56 Å². The van der Waals surface area contributed by atoms with Crippen LogP contribution in [0.25, 0.3) is 22.4 Å². The van der Waals surface area contributed by atoms with E-state index in [2.05, 4.69) is 59.8 Å². The number of halogens is 1. The Balaban J connectivity index is 0.00000132. The Morgan fingerprint density at radius 3 is 2.32 bits per heavy atom. The smallest absolute Gasteiger partial charge is 0.287 e. The van der Waals surface area contributed by atoms with Crippen molar-refractivity contribution in [2.45, 2.75) is 40.7 Å². The standard InChI is InChI=1S/C25H25ClN2O.C2H6/c1-17(2)14-18-8-10-19(11-9-18)25-27-23-15-21(29-3)12-13-24(23)28(25)16-20-6-4-5-7-22(20)26;1-2/h4-13,15,17H,14,16H2,1-3H3;1-2H3/p+1. The number of rotatable bonds is 6. The van der Waals surface area contributed by atoms with Crippen molar-refractivity contribution in [3.05, 3.63) is 82.9 Å². The van der Waals surface area contributed by atoms with Crippen LogP contribution in [0, 0.1) is 5.92 Å². The van der Waals surface area contributed by atoms with E-state index in [4.69, 9.17) is 16.3 Å². The lowest BCUT2D eigenvalue weighted by atomic mass is 10.0. The van der Waals surface area contributed by atoms with Crippen LogP contribution in [0.5, 0.6) is 5.75 Å². The molecule has 0 saturated carbocycles. The Hall–Kier alpha value is -2.78. The third-order valence-corrected chi connectivity index (χ3v) is 5.54. The first-order valence-electron chi connectivity index (χ1n) is 11.0. The predicted molar refractivity (Wildman–Crippen MR) is 131 cm³/mol. The van der Waals surface area contributed by atoms with Crippen molar-refractivity contribution in [2.75, 3.05) is 7.11 Å². The van der Waals surface area contributed by atoms with Crippen LogP contribution in [-0.2, 0) is 13.0 Å². The van der Waals surface area contributed by atoms with Crippen molar-refractivity contribution in [1.29, 1.82) is 0 Å². The lowest BCUT2D eigenvalue weighted by Crippen LogP contribution is -2.35. The molecule has 0 unspecified atom stereocenters. The number of nitrogens with zero attached hydrogens (tertiary/aromatic N) is 1. The predicted octanol–water partition coefficient (Wildman–Crippen LogP) is 7.06. The van der Waals surface area contributed by atoms with Gasteiger partial charge >= 0.3 is 0 Å². The molecule has 0 aliphatic heterocycles. The molecule has 0 aliphatic carbocycles. The van der Waals surface area contributed by atoms with Crippen LogP contribution >= 0.6 is 11.6 Å². The molecule has 1 heterocycles. The van der Waals surface area contributed by atoms with Crippen LogP contribution in [0.1, 0.15) is 38.8 Å². The van der Waals surface area contributed by atoms with Crippen LogP contribution in [0.3, 0.4) is 0 Å². The summed E-state index contributed by atoms with van der Waals surface area (Å²) in [7, 11) is 1.69. The highest BCUT2D eigenvalue weighted by molar-refractivity contribution is 6.31. The van der Waals surface area contributed by atoms with Gasteiger partial charge in [0, 0.05) is 16.7 Å². The molecule has 0 fully saturated rings. The second-order valence-corrected chi connectivity index (χ2v) is 8.24. The van der Waals surface area contributed by atoms with Gasteiger partial charge in [-0.2, -0.15) is 0 Å². The molecule has 4 rings (SSSR count). The molecule has 4 heteroatoms. The number of hydrogen-bond acceptors (Lipinski definition) is 1. The molecule has 4 aromatic rings. The van der Waals surface area contributed by atoms with E-state index >= 15 is 0 Å². The van der Waals surface area contributed by atoms with E-state index in [0.29, 0.717) is 12.5 Å². The van der Waals surface area contributed by atoms with Gasteiger partial charge in [0.25, 0.3) is 5.82 Å². The second kappa shape index (κ2) is 10.5. The van der Waals surface area contributed by atoms with Gasteiger partial charge in [0.1, 0.15) is 12.3 Å². The quantitative estimate of drug-likeness (QED) is 0.323. The number of methoxy groups -OCH3 is 1. The molecule has 0 amide bonds. The summed E-state index contributed by atoms with van der Waals surface area (Å²) in [5.74, 6) is 2.54. The van der Waals surface area contributed by atoms with Crippen molar-refractivity contribution in [2.24, 2.45) is 5.92 Å². The zero-order valence-corrected chi connectivity index (χ0v) is 19.8. The van der Waals surface area contributed by atoms with Crippen LogP contribution in [0.15, 0.2) is 66.7 Å². The Bertz CT molecular complexity index is 1130. The van der Waals surface area contributed by atoms with E-state index in [1.807, 2.05) is 44.2 Å². The van der Waals surface area contributed by atoms with E-state index in [1.54, 1.807) is 7.11 Å². The fourth-order valence-corrected chi connectivity index (χ4v) is 3.95. The van der Waals surface area contributed by atoms with Gasteiger partial charge in [-0.3, -0.25) is 0 Å². The monoisotopic (exact) mass is 435 g/mol. The van der Waals surface area contributed by atoms with Crippen LogP contribution in [0.4, 0.5) is 0 Å². The molecule has 3 nitrogen and oxygen atoms in total. The molecule has 0 spiro atoms. The lowest BCUT2D eigenvalue weighted by Gasteiger charge is -2.07. The Labute approximate surface area is 190 Å². The Morgan fingerprint density at radius 1 is 0.968 bits per heavy atom. The number of benzene rings is 3. The topological polar surface area (TPSA) is 28.9 Å². The molecule has 0 aliphatic rings. The Morgan fingerprint density at radius 2 is 1.68 bits per heavy atom. The molecule has 0 atom stereocenters. The minimum Gasteiger partial charge on any atom is -0.497 e. The Kier molecular flexibility index (Phi) is 7.75. The van der Waals surface area contributed by atoms with Gasteiger partial charge in [0.05, 0.1) is 12.7 Å². The maximum absolute atomic E-state index is 6.46. The summed E-state index contributed by atoms with van der Waals surface area (Å²) in [6.45, 7) is 9.18. The van der Waals surface area contributed by atoms with E-state index in [-0.39, 0.29) is 0 Å². The first kappa shape index (κ1) is 22.9. The van der Waals surface area contributed by atoms with E-state index in [9.17, 15) is 0 Å². The molecule has 1 N–H and O–H groups in total. The molecular formula is C27H32ClN2O+. The van der Waals surface area contributed by atoms with Gasteiger partial charge in [-0.05, 0) is 48.2 Å². The number of ether oxygens (including phenoxy) is 1. The van der Waals surface area contributed by atoms with Gasteiger partial charge < -0.3 is 4.74 Å². The van der Waals surface area contributed by atoms with Crippen molar-refractivity contribution >= 4 is 22.6 Å². The molecule has 31 heavy (non-hydrogen) atoms. The second-order valence-electron chi connectivity index (χ2n) is 7.83. The molecule has 3 aromatic carbocycles. The van der Waals surface area contributed by atoms with Gasteiger partial charge in [-0.25, -0.2) is 9.55 Å². The SMILES string of the molecule is CC.COc1ccc2c(c1)[nH]c(-c1ccc(CC(C)C)cc1)[n+]2Cc1ccccc1Cl. The molecule has 0 radical (unpaired) electrons. The van der Waals surface area contributed by atoms with Crippen LogP contribution in [-0.4, -0.2) is 12.1 Å². The average Bonchev–Trinajstić information content (AvgIpc) is 3.14. The van der Waals surface area contributed by atoms with E-state index in [0.717, 1.165) is 45.2 Å². The van der Waals surface area contributed by atoms with Crippen molar-refractivity contribution in [3.63, 3.8) is 0 Å². The van der Waals surface area contributed by atoms with Crippen molar-refractivity contribution in [3.8, 4) is 17.1 Å². The summed E-state index contributed by atoms with van der Waals surface area (Å²) in [6, 6.07) is 23.0. The largest absolute Gasteiger partial charge is 0.497 e. The van der Waals surface area contributed by atoms with Crippen LogP contribution in [0.2, 0.25) is 5.02 Å². The number of imidazole rings is 1. The third kappa shape index (κ3) is 5.29. The lowest BCUT2D eigenvalue weighted by molar-refractivity contribution is -0.651. The maximum atomic E-state index is 6.46. The zero-order chi connectivity index (χ0) is 22.4. The number of aromatic nitrogens is 2. The summed E-state index contributed by atoms with van der Waals surface area (Å²) in [5, 5.41) is 0.779.